The molecule has 4 heteroatoms. The number of fused-ring (bicyclic) bond motifs is 9. The minimum atomic E-state index is -0.500. The van der Waals surface area contributed by atoms with Gasteiger partial charge in [0.05, 0.1) is 23.2 Å². The molecule has 3 aliphatic rings. The smallest absolute Gasteiger partial charge is 0.347 e. The Morgan fingerprint density at radius 1 is 0.865 bits per heavy atom. The summed E-state index contributed by atoms with van der Waals surface area (Å²) in [6.45, 7) is 5.54. The zero-order chi connectivity index (χ0) is 24.5. The van der Waals surface area contributed by atoms with Crippen LogP contribution in [0.1, 0.15) is 30.8 Å². The van der Waals surface area contributed by atoms with Crippen LogP contribution in [-0.4, -0.2) is 4.57 Å². The van der Waals surface area contributed by atoms with Crippen LogP contribution in [0.15, 0.2) is 97.2 Å². The Labute approximate surface area is 214 Å². The third-order valence-corrected chi connectivity index (χ3v) is 8.45. The summed E-state index contributed by atoms with van der Waals surface area (Å²) in [5.74, 6) is 3.67. The predicted octanol–water partition coefficient (Wildman–Crippen LogP) is 6.25. The topological polar surface area (TPSA) is 21.9 Å². The molecule has 176 valence electrons. The van der Waals surface area contributed by atoms with Gasteiger partial charge in [-0.1, -0.05) is 62.4 Å². The first-order valence-electron chi connectivity index (χ1n) is 13.1. The van der Waals surface area contributed by atoms with E-state index in [9.17, 15) is 0 Å². The van der Waals surface area contributed by atoms with Crippen LogP contribution in [0.2, 0.25) is 0 Å². The van der Waals surface area contributed by atoms with Crippen LogP contribution in [0.4, 0.5) is 0 Å². The zero-order valence-corrected chi connectivity index (χ0v) is 20.8. The van der Waals surface area contributed by atoms with Gasteiger partial charge in [-0.2, -0.15) is 9.13 Å². The third-order valence-electron chi connectivity index (χ3n) is 8.45. The molecule has 0 radical (unpaired) electrons. The molecule has 3 aliphatic heterocycles. The Balaban J connectivity index is 1.60. The molecule has 1 atom stereocenters. The number of benzene rings is 4. The van der Waals surface area contributed by atoms with E-state index in [1.807, 2.05) is 0 Å². The maximum atomic E-state index is 6.83. The molecule has 1 spiro atoms. The lowest BCUT2D eigenvalue weighted by atomic mass is 9.82. The lowest BCUT2D eigenvalue weighted by Gasteiger charge is -2.21. The predicted molar refractivity (Wildman–Crippen MR) is 143 cm³/mol. The summed E-state index contributed by atoms with van der Waals surface area (Å²) < 4.78 is 14.4. The fourth-order valence-corrected chi connectivity index (χ4v) is 7.25. The number of imidazole rings is 1. The van der Waals surface area contributed by atoms with Crippen LogP contribution in [-0.2, 0) is 12.1 Å². The van der Waals surface area contributed by atoms with E-state index >= 15 is 0 Å². The van der Waals surface area contributed by atoms with Crippen LogP contribution in [0.3, 0.4) is 0 Å². The monoisotopic (exact) mass is 479 g/mol. The summed E-state index contributed by atoms with van der Waals surface area (Å²) in [4.78, 5) is 0. The second-order valence-corrected chi connectivity index (χ2v) is 10.9. The van der Waals surface area contributed by atoms with Gasteiger partial charge in [0.2, 0.25) is 11.2 Å². The van der Waals surface area contributed by atoms with E-state index < -0.39 is 5.54 Å². The van der Waals surface area contributed by atoms with Gasteiger partial charge in [0, 0.05) is 17.5 Å². The minimum Gasteiger partial charge on any atom is -0.448 e. The normalized spacial score (nSPS) is 17.6. The van der Waals surface area contributed by atoms with Crippen LogP contribution < -0.4 is 13.9 Å². The molecule has 6 aromatic rings. The molecule has 0 bridgehead atoms. The Hall–Kier alpha value is -4.44. The van der Waals surface area contributed by atoms with Crippen molar-refractivity contribution in [3.63, 3.8) is 0 Å². The van der Waals surface area contributed by atoms with Crippen LogP contribution in [0, 0.1) is 5.92 Å². The van der Waals surface area contributed by atoms with Gasteiger partial charge in [0.1, 0.15) is 0 Å². The maximum Gasteiger partial charge on any atom is 0.347 e. The molecule has 0 saturated heterocycles. The molecule has 37 heavy (non-hydrogen) atoms. The van der Waals surface area contributed by atoms with Crippen molar-refractivity contribution in [2.45, 2.75) is 25.9 Å². The Morgan fingerprint density at radius 3 is 2.62 bits per heavy atom. The van der Waals surface area contributed by atoms with Crippen molar-refractivity contribution in [2.75, 3.05) is 0 Å². The first kappa shape index (κ1) is 19.7. The van der Waals surface area contributed by atoms with Crippen molar-refractivity contribution in [2.24, 2.45) is 5.92 Å². The van der Waals surface area contributed by atoms with Crippen molar-refractivity contribution in [1.82, 2.24) is 4.57 Å². The van der Waals surface area contributed by atoms with Crippen molar-refractivity contribution >= 4 is 21.8 Å². The number of pyridine rings is 1. The Morgan fingerprint density at radius 2 is 1.70 bits per heavy atom. The average molecular weight is 480 g/mol. The second-order valence-electron chi connectivity index (χ2n) is 10.9. The highest BCUT2D eigenvalue weighted by Crippen LogP contribution is 2.56. The standard InChI is InChI=1S/C33H25N3O/c1-20(2)19-34-27-15-9-16-28-30(27)36-29-25(18-21-10-3-4-11-22(21)31(29)37-28)33(32(34)36)24-13-6-5-12-23(24)26-14-7-8-17-35(26)33/h3-18,20H,19H2,1-2H3/q+2. The summed E-state index contributed by atoms with van der Waals surface area (Å²) in [5.41, 5.74) is 8.22. The lowest BCUT2D eigenvalue weighted by molar-refractivity contribution is -0.733. The molecule has 4 aromatic carbocycles. The van der Waals surface area contributed by atoms with Crippen molar-refractivity contribution in [3.8, 4) is 28.4 Å². The van der Waals surface area contributed by atoms with Crippen molar-refractivity contribution < 1.29 is 13.9 Å². The molecule has 0 fully saturated rings. The summed E-state index contributed by atoms with van der Waals surface area (Å²) >= 11 is 0. The lowest BCUT2D eigenvalue weighted by Crippen LogP contribution is -2.57. The molecule has 9 rings (SSSR count). The summed E-state index contributed by atoms with van der Waals surface area (Å²) in [6, 6.07) is 33.1. The number of nitrogens with zero attached hydrogens (tertiary/aromatic N) is 3. The molecule has 0 amide bonds. The number of rotatable bonds is 2. The minimum absolute atomic E-state index is 0.488. The van der Waals surface area contributed by atoms with E-state index in [-0.39, 0.29) is 0 Å². The van der Waals surface area contributed by atoms with Gasteiger partial charge in [0.15, 0.2) is 28.9 Å². The number of hydrogen-bond donors (Lipinski definition) is 0. The number of aromatic nitrogens is 3. The fraction of sp³-hybridized carbons (Fsp3) is 0.152. The first-order valence-corrected chi connectivity index (χ1v) is 13.1. The average Bonchev–Trinajstić information content (AvgIpc) is 3.51. The second kappa shape index (κ2) is 6.46. The van der Waals surface area contributed by atoms with Gasteiger partial charge < -0.3 is 4.74 Å². The molecule has 0 aliphatic carbocycles. The molecule has 4 nitrogen and oxygen atoms in total. The van der Waals surface area contributed by atoms with Crippen LogP contribution >= 0.6 is 0 Å². The van der Waals surface area contributed by atoms with Crippen LogP contribution in [0.25, 0.3) is 38.8 Å². The summed E-state index contributed by atoms with van der Waals surface area (Å²) in [6.07, 6.45) is 2.26. The summed E-state index contributed by atoms with van der Waals surface area (Å²) in [7, 11) is 0. The highest BCUT2D eigenvalue weighted by atomic mass is 16.5. The zero-order valence-electron chi connectivity index (χ0n) is 20.8. The molecular formula is C33H25N3O+2. The highest BCUT2D eigenvalue weighted by Gasteiger charge is 2.68. The van der Waals surface area contributed by atoms with Gasteiger partial charge >= 0.3 is 11.4 Å². The van der Waals surface area contributed by atoms with Gasteiger partial charge in [0.25, 0.3) is 0 Å². The largest absolute Gasteiger partial charge is 0.448 e. The van der Waals surface area contributed by atoms with Crippen molar-refractivity contribution in [1.29, 1.82) is 0 Å². The van der Waals surface area contributed by atoms with Gasteiger partial charge in [-0.05, 0) is 41.6 Å². The quantitative estimate of drug-likeness (QED) is 0.269. The van der Waals surface area contributed by atoms with E-state index in [1.54, 1.807) is 0 Å². The number of ether oxygens (including phenoxy) is 1. The summed E-state index contributed by atoms with van der Waals surface area (Å²) in [5, 5.41) is 2.36. The fourth-order valence-electron chi connectivity index (χ4n) is 7.25. The SMILES string of the molecule is CC(C)Cn1c2[n+]3c4c(cccc41)Oc1c-3c(cc3ccccc13)C21c2ccccc2-c2cccc[n+]21. The molecule has 1 unspecified atom stereocenters. The van der Waals surface area contributed by atoms with Gasteiger partial charge in [-0.15, -0.1) is 0 Å². The molecular weight excluding hydrogens is 454 g/mol. The van der Waals surface area contributed by atoms with Crippen LogP contribution in [0.5, 0.6) is 11.5 Å². The number of hydrogen-bond acceptors (Lipinski definition) is 1. The van der Waals surface area contributed by atoms with E-state index in [2.05, 4.69) is 125 Å². The first-order chi connectivity index (χ1) is 18.2. The van der Waals surface area contributed by atoms with E-state index in [4.69, 9.17) is 4.74 Å². The van der Waals surface area contributed by atoms with Gasteiger partial charge in [-0.25, -0.2) is 4.57 Å². The van der Waals surface area contributed by atoms with E-state index in [0.29, 0.717) is 5.92 Å². The molecule has 5 heterocycles. The molecule has 0 N–H and O–H groups in total. The van der Waals surface area contributed by atoms with Gasteiger partial charge in [-0.3, -0.25) is 0 Å². The Bertz CT molecular complexity index is 1930. The number of para-hydroxylation sites is 1. The maximum absolute atomic E-state index is 6.83. The Kier molecular flexibility index (Phi) is 3.44. The third kappa shape index (κ3) is 2.10. The molecule has 0 saturated carbocycles. The van der Waals surface area contributed by atoms with E-state index in [1.165, 1.54) is 50.3 Å². The van der Waals surface area contributed by atoms with E-state index in [0.717, 1.165) is 23.4 Å². The van der Waals surface area contributed by atoms with Crippen molar-refractivity contribution in [3.05, 3.63) is 114 Å². The molecule has 2 aromatic heterocycles. The highest BCUT2D eigenvalue weighted by molar-refractivity contribution is 5.96.